The molecule has 0 saturated carbocycles. The van der Waals surface area contributed by atoms with Gasteiger partial charge in [0.05, 0.1) is 5.69 Å². The maximum Gasteiger partial charge on any atom is 0.129 e. The van der Waals surface area contributed by atoms with Gasteiger partial charge in [-0.05, 0) is 36.4 Å². The second-order valence-corrected chi connectivity index (χ2v) is 5.35. The number of nitrogens with zero attached hydrogens (tertiary/aromatic N) is 1. The highest BCUT2D eigenvalue weighted by Gasteiger charge is 2.07. The molecule has 3 aromatic rings. The van der Waals surface area contributed by atoms with Gasteiger partial charge in [-0.25, -0.2) is 0 Å². The SMILES string of the molecule is CNCc1ccc(-c2ccccc2OCc2ccccc2)nc1. The lowest BCUT2D eigenvalue weighted by molar-refractivity contribution is 0.307. The van der Waals surface area contributed by atoms with Crippen molar-refractivity contribution in [1.29, 1.82) is 0 Å². The Bertz CT molecular complexity index is 739. The minimum absolute atomic E-state index is 0.551. The smallest absolute Gasteiger partial charge is 0.129 e. The minimum Gasteiger partial charge on any atom is -0.488 e. The molecule has 0 aliphatic carbocycles. The molecule has 0 amide bonds. The summed E-state index contributed by atoms with van der Waals surface area (Å²) in [4.78, 5) is 4.56. The lowest BCUT2D eigenvalue weighted by Crippen LogP contribution is -2.05. The molecule has 0 bridgehead atoms. The molecule has 0 radical (unpaired) electrons. The molecule has 1 heterocycles. The summed E-state index contributed by atoms with van der Waals surface area (Å²) >= 11 is 0. The number of rotatable bonds is 6. The summed E-state index contributed by atoms with van der Waals surface area (Å²) in [5.74, 6) is 0.852. The Labute approximate surface area is 137 Å². The summed E-state index contributed by atoms with van der Waals surface area (Å²) in [6, 6.07) is 22.3. The molecule has 0 atom stereocenters. The fourth-order valence-corrected chi connectivity index (χ4v) is 2.43. The van der Waals surface area contributed by atoms with Crippen molar-refractivity contribution in [3.8, 4) is 17.0 Å². The molecule has 3 rings (SSSR count). The lowest BCUT2D eigenvalue weighted by atomic mass is 10.1. The van der Waals surface area contributed by atoms with E-state index in [1.165, 1.54) is 5.56 Å². The summed E-state index contributed by atoms with van der Waals surface area (Å²) in [5, 5.41) is 3.13. The summed E-state index contributed by atoms with van der Waals surface area (Å²) in [6.07, 6.45) is 1.90. The minimum atomic E-state index is 0.551. The monoisotopic (exact) mass is 304 g/mol. The van der Waals surface area contributed by atoms with Crippen molar-refractivity contribution >= 4 is 0 Å². The Morgan fingerprint density at radius 1 is 0.870 bits per heavy atom. The molecule has 0 saturated heterocycles. The number of aromatic nitrogens is 1. The van der Waals surface area contributed by atoms with Crippen molar-refractivity contribution in [2.75, 3.05) is 7.05 Å². The zero-order valence-corrected chi connectivity index (χ0v) is 13.2. The van der Waals surface area contributed by atoms with Crippen LogP contribution in [0.2, 0.25) is 0 Å². The Morgan fingerprint density at radius 3 is 2.39 bits per heavy atom. The molecule has 23 heavy (non-hydrogen) atoms. The number of hydrogen-bond acceptors (Lipinski definition) is 3. The lowest BCUT2D eigenvalue weighted by Gasteiger charge is -2.11. The maximum absolute atomic E-state index is 6.00. The molecular formula is C20H20N2O. The molecule has 2 aromatic carbocycles. The molecule has 0 aliphatic heterocycles. The average molecular weight is 304 g/mol. The molecule has 116 valence electrons. The zero-order valence-electron chi connectivity index (χ0n) is 13.2. The second-order valence-electron chi connectivity index (χ2n) is 5.35. The van der Waals surface area contributed by atoms with E-state index in [9.17, 15) is 0 Å². The van der Waals surface area contributed by atoms with E-state index >= 15 is 0 Å². The molecule has 3 heteroatoms. The van der Waals surface area contributed by atoms with Gasteiger partial charge >= 0.3 is 0 Å². The van der Waals surface area contributed by atoms with E-state index in [2.05, 4.69) is 28.5 Å². The van der Waals surface area contributed by atoms with Crippen LogP contribution in [0.4, 0.5) is 0 Å². The number of hydrogen-bond donors (Lipinski definition) is 1. The highest BCUT2D eigenvalue weighted by molar-refractivity contribution is 5.67. The Morgan fingerprint density at radius 2 is 1.65 bits per heavy atom. The summed E-state index contributed by atoms with van der Waals surface area (Å²) < 4.78 is 6.00. The predicted octanol–water partition coefficient (Wildman–Crippen LogP) is 4.05. The first-order valence-electron chi connectivity index (χ1n) is 7.72. The molecule has 1 N–H and O–H groups in total. The fraction of sp³-hybridized carbons (Fsp3) is 0.150. The van der Waals surface area contributed by atoms with Gasteiger partial charge < -0.3 is 10.1 Å². The highest BCUT2D eigenvalue weighted by Crippen LogP contribution is 2.29. The van der Waals surface area contributed by atoms with Crippen molar-refractivity contribution in [2.24, 2.45) is 0 Å². The zero-order chi connectivity index (χ0) is 15.9. The van der Waals surface area contributed by atoms with Gasteiger partial charge in [-0.1, -0.05) is 48.5 Å². The normalized spacial score (nSPS) is 10.5. The van der Waals surface area contributed by atoms with Crippen LogP contribution >= 0.6 is 0 Å². The van der Waals surface area contributed by atoms with Crippen LogP contribution in [0.25, 0.3) is 11.3 Å². The van der Waals surface area contributed by atoms with Crippen LogP contribution in [-0.4, -0.2) is 12.0 Å². The van der Waals surface area contributed by atoms with Crippen molar-refractivity contribution < 1.29 is 4.74 Å². The third kappa shape index (κ3) is 3.96. The van der Waals surface area contributed by atoms with Crippen molar-refractivity contribution in [3.05, 3.63) is 84.1 Å². The third-order valence-electron chi connectivity index (χ3n) is 3.61. The molecule has 0 spiro atoms. The standard InChI is InChI=1S/C20H20N2O/c1-21-13-17-11-12-19(22-14-17)18-9-5-6-10-20(18)23-15-16-7-3-2-4-8-16/h2-12,14,21H,13,15H2,1H3. The number of nitrogens with one attached hydrogen (secondary N) is 1. The molecule has 0 unspecified atom stereocenters. The van der Waals surface area contributed by atoms with E-state index < -0.39 is 0 Å². The van der Waals surface area contributed by atoms with Gasteiger partial charge in [-0.2, -0.15) is 0 Å². The maximum atomic E-state index is 6.00. The predicted molar refractivity (Wildman–Crippen MR) is 93.2 cm³/mol. The van der Waals surface area contributed by atoms with Gasteiger partial charge in [0, 0.05) is 18.3 Å². The molecule has 0 fully saturated rings. The summed E-state index contributed by atoms with van der Waals surface area (Å²) in [6.45, 7) is 1.37. The highest BCUT2D eigenvalue weighted by atomic mass is 16.5. The van der Waals surface area contributed by atoms with Crippen LogP contribution in [-0.2, 0) is 13.2 Å². The number of para-hydroxylation sites is 1. The van der Waals surface area contributed by atoms with Gasteiger partial charge in [0.2, 0.25) is 0 Å². The van der Waals surface area contributed by atoms with E-state index in [1.807, 2.05) is 61.8 Å². The van der Waals surface area contributed by atoms with E-state index in [1.54, 1.807) is 0 Å². The molecular weight excluding hydrogens is 284 g/mol. The third-order valence-corrected chi connectivity index (χ3v) is 3.61. The fourth-order valence-electron chi connectivity index (χ4n) is 2.43. The summed E-state index contributed by atoms with van der Waals surface area (Å²) in [7, 11) is 1.93. The van der Waals surface area contributed by atoms with Gasteiger partial charge in [0.25, 0.3) is 0 Å². The first-order chi connectivity index (χ1) is 11.4. The Balaban J connectivity index is 1.80. The molecule has 0 aliphatic rings. The van der Waals surface area contributed by atoms with E-state index in [4.69, 9.17) is 4.74 Å². The van der Waals surface area contributed by atoms with Crippen LogP contribution in [0.15, 0.2) is 72.9 Å². The van der Waals surface area contributed by atoms with Gasteiger partial charge in [0.1, 0.15) is 12.4 Å². The van der Waals surface area contributed by atoms with Crippen molar-refractivity contribution in [2.45, 2.75) is 13.2 Å². The number of ether oxygens (including phenoxy) is 1. The van der Waals surface area contributed by atoms with Crippen LogP contribution in [0, 0.1) is 0 Å². The van der Waals surface area contributed by atoms with Crippen LogP contribution in [0.3, 0.4) is 0 Å². The number of benzene rings is 2. The van der Waals surface area contributed by atoms with Gasteiger partial charge in [-0.15, -0.1) is 0 Å². The quantitative estimate of drug-likeness (QED) is 0.746. The number of pyridine rings is 1. The average Bonchev–Trinajstić information content (AvgIpc) is 2.62. The van der Waals surface area contributed by atoms with Crippen LogP contribution in [0.5, 0.6) is 5.75 Å². The first-order valence-corrected chi connectivity index (χ1v) is 7.72. The Kier molecular flexibility index (Phi) is 5.02. The largest absolute Gasteiger partial charge is 0.488 e. The second kappa shape index (κ2) is 7.56. The van der Waals surface area contributed by atoms with Crippen molar-refractivity contribution in [1.82, 2.24) is 10.3 Å². The van der Waals surface area contributed by atoms with Crippen LogP contribution < -0.4 is 10.1 Å². The van der Waals surface area contributed by atoms with Crippen molar-refractivity contribution in [3.63, 3.8) is 0 Å². The molecule has 1 aromatic heterocycles. The van der Waals surface area contributed by atoms with E-state index in [0.717, 1.165) is 29.1 Å². The van der Waals surface area contributed by atoms with E-state index in [0.29, 0.717) is 6.61 Å². The van der Waals surface area contributed by atoms with Gasteiger partial charge in [0.15, 0.2) is 0 Å². The molecule has 3 nitrogen and oxygen atoms in total. The topological polar surface area (TPSA) is 34.1 Å². The Hall–Kier alpha value is -2.65. The van der Waals surface area contributed by atoms with E-state index in [-0.39, 0.29) is 0 Å². The first kappa shape index (κ1) is 15.3. The summed E-state index contributed by atoms with van der Waals surface area (Å²) in [5.41, 5.74) is 4.26. The van der Waals surface area contributed by atoms with Crippen LogP contribution in [0.1, 0.15) is 11.1 Å². The van der Waals surface area contributed by atoms with Gasteiger partial charge in [-0.3, -0.25) is 4.98 Å².